The van der Waals surface area contributed by atoms with Gasteiger partial charge in [-0.05, 0) is 48.6 Å². The molecule has 4 rings (SSSR count). The van der Waals surface area contributed by atoms with E-state index in [-0.39, 0.29) is 18.3 Å². The highest BCUT2D eigenvalue weighted by atomic mass is 19.1. The molecule has 1 aliphatic rings. The molecule has 158 valence electrons. The molecular formula is C25H24FN3O2. The van der Waals surface area contributed by atoms with E-state index < -0.39 is 11.3 Å². The minimum atomic E-state index is -0.838. The second kappa shape index (κ2) is 8.68. The number of halogens is 1. The van der Waals surface area contributed by atoms with Crippen LogP contribution in [0.1, 0.15) is 28.8 Å². The molecule has 2 aromatic carbocycles. The van der Waals surface area contributed by atoms with E-state index in [4.69, 9.17) is 5.73 Å². The van der Waals surface area contributed by atoms with Crippen molar-refractivity contribution in [3.63, 3.8) is 0 Å². The molecule has 0 bridgehead atoms. The fraction of sp³-hybridized carbons (Fsp3) is 0.240. The summed E-state index contributed by atoms with van der Waals surface area (Å²) in [6.07, 6.45) is 4.89. The molecule has 1 saturated heterocycles. The maximum atomic E-state index is 14.1. The fourth-order valence-electron chi connectivity index (χ4n) is 4.30. The van der Waals surface area contributed by atoms with Crippen LogP contribution >= 0.6 is 0 Å². The van der Waals surface area contributed by atoms with Crippen molar-refractivity contribution in [1.29, 1.82) is 0 Å². The van der Waals surface area contributed by atoms with Crippen LogP contribution in [0.3, 0.4) is 0 Å². The van der Waals surface area contributed by atoms with Crippen LogP contribution in [0.5, 0.6) is 0 Å². The first-order chi connectivity index (χ1) is 15.0. The highest BCUT2D eigenvalue weighted by Crippen LogP contribution is 2.35. The monoisotopic (exact) mass is 417 g/mol. The molecule has 1 aromatic heterocycles. The van der Waals surface area contributed by atoms with Gasteiger partial charge in [-0.1, -0.05) is 42.5 Å². The minimum Gasteiger partial charge on any atom is -0.369 e. The summed E-state index contributed by atoms with van der Waals surface area (Å²) in [4.78, 5) is 31.1. The van der Waals surface area contributed by atoms with E-state index in [2.05, 4.69) is 4.98 Å². The maximum Gasteiger partial charge on any atom is 0.255 e. The first kappa shape index (κ1) is 20.7. The van der Waals surface area contributed by atoms with E-state index in [1.54, 1.807) is 41.4 Å². The van der Waals surface area contributed by atoms with Gasteiger partial charge in [0.1, 0.15) is 5.82 Å². The number of hydrogen-bond acceptors (Lipinski definition) is 3. The normalized spacial score (nSPS) is 18.5. The van der Waals surface area contributed by atoms with Crippen molar-refractivity contribution in [2.24, 2.45) is 11.1 Å². The largest absolute Gasteiger partial charge is 0.369 e. The van der Waals surface area contributed by atoms with Crippen molar-refractivity contribution >= 4 is 11.8 Å². The lowest BCUT2D eigenvalue weighted by atomic mass is 9.74. The van der Waals surface area contributed by atoms with Crippen LogP contribution < -0.4 is 5.73 Å². The third-order valence-corrected chi connectivity index (χ3v) is 5.98. The average molecular weight is 417 g/mol. The van der Waals surface area contributed by atoms with Gasteiger partial charge in [0.2, 0.25) is 5.91 Å². The SMILES string of the molecule is NC(=O)C1(Cc2ccc(-c3ccccc3F)cc2)CCCN(C(=O)c2cccnc2)C1. The van der Waals surface area contributed by atoms with Crippen LogP contribution in [0.25, 0.3) is 11.1 Å². The summed E-state index contributed by atoms with van der Waals surface area (Å²) in [6.45, 7) is 0.847. The third-order valence-electron chi connectivity index (χ3n) is 5.98. The van der Waals surface area contributed by atoms with Crippen molar-refractivity contribution in [3.05, 3.63) is 90.0 Å². The summed E-state index contributed by atoms with van der Waals surface area (Å²) in [5, 5.41) is 0. The number of primary amides is 1. The fourth-order valence-corrected chi connectivity index (χ4v) is 4.30. The Morgan fingerprint density at radius 1 is 1.06 bits per heavy atom. The Morgan fingerprint density at radius 3 is 2.52 bits per heavy atom. The Kier molecular flexibility index (Phi) is 5.80. The van der Waals surface area contributed by atoms with Crippen LogP contribution in [0.15, 0.2) is 73.1 Å². The topological polar surface area (TPSA) is 76.3 Å². The van der Waals surface area contributed by atoms with E-state index in [0.717, 1.165) is 11.1 Å². The molecule has 0 radical (unpaired) electrons. The average Bonchev–Trinajstić information content (AvgIpc) is 2.80. The van der Waals surface area contributed by atoms with E-state index in [1.165, 1.54) is 12.3 Å². The molecular weight excluding hydrogens is 393 g/mol. The number of carbonyl (C=O) groups is 2. The van der Waals surface area contributed by atoms with E-state index in [1.807, 2.05) is 24.3 Å². The molecule has 3 aromatic rings. The number of benzene rings is 2. The molecule has 1 aliphatic heterocycles. The molecule has 6 heteroatoms. The van der Waals surface area contributed by atoms with Crippen molar-refractivity contribution < 1.29 is 14.0 Å². The summed E-state index contributed by atoms with van der Waals surface area (Å²) in [7, 11) is 0. The molecule has 31 heavy (non-hydrogen) atoms. The zero-order valence-corrected chi connectivity index (χ0v) is 17.1. The number of nitrogens with two attached hydrogens (primary N) is 1. The summed E-state index contributed by atoms with van der Waals surface area (Å²) < 4.78 is 14.1. The van der Waals surface area contributed by atoms with Gasteiger partial charge >= 0.3 is 0 Å². The zero-order valence-electron chi connectivity index (χ0n) is 17.1. The second-order valence-electron chi connectivity index (χ2n) is 8.07. The minimum absolute atomic E-state index is 0.145. The summed E-state index contributed by atoms with van der Waals surface area (Å²) in [6, 6.07) is 17.6. The number of rotatable bonds is 5. The molecule has 1 atom stereocenters. The first-order valence-electron chi connectivity index (χ1n) is 10.3. The van der Waals surface area contributed by atoms with Crippen molar-refractivity contribution in [1.82, 2.24) is 9.88 Å². The maximum absolute atomic E-state index is 14.1. The van der Waals surface area contributed by atoms with Gasteiger partial charge in [-0.25, -0.2) is 4.39 Å². The number of carbonyl (C=O) groups excluding carboxylic acids is 2. The summed E-state index contributed by atoms with van der Waals surface area (Å²) in [5.74, 6) is -0.830. The van der Waals surface area contributed by atoms with Gasteiger partial charge in [-0.3, -0.25) is 14.6 Å². The van der Waals surface area contributed by atoms with Gasteiger partial charge in [0.05, 0.1) is 11.0 Å². The Hall–Kier alpha value is -3.54. The Bertz CT molecular complexity index is 1090. The molecule has 2 heterocycles. The molecule has 5 nitrogen and oxygen atoms in total. The van der Waals surface area contributed by atoms with E-state index >= 15 is 0 Å². The predicted molar refractivity (Wildman–Crippen MR) is 117 cm³/mol. The Labute approximate surface area is 180 Å². The highest BCUT2D eigenvalue weighted by Gasteiger charge is 2.42. The number of aromatic nitrogens is 1. The molecule has 1 unspecified atom stereocenters. The van der Waals surface area contributed by atoms with Gasteiger partial charge in [0.15, 0.2) is 0 Å². The quantitative estimate of drug-likeness (QED) is 0.685. The Morgan fingerprint density at radius 2 is 1.84 bits per heavy atom. The lowest BCUT2D eigenvalue weighted by Crippen LogP contribution is -2.53. The van der Waals surface area contributed by atoms with Gasteiger partial charge in [0, 0.05) is 31.0 Å². The predicted octanol–water partition coefficient (Wildman–Crippen LogP) is 3.84. The van der Waals surface area contributed by atoms with Crippen LogP contribution in [0.2, 0.25) is 0 Å². The number of likely N-dealkylation sites (tertiary alicyclic amines) is 1. The lowest BCUT2D eigenvalue weighted by Gasteiger charge is -2.41. The van der Waals surface area contributed by atoms with Crippen LogP contribution in [0.4, 0.5) is 4.39 Å². The van der Waals surface area contributed by atoms with Crippen molar-refractivity contribution in [2.75, 3.05) is 13.1 Å². The zero-order chi connectivity index (χ0) is 21.8. The number of pyridine rings is 1. The number of piperidine rings is 1. The number of hydrogen-bond donors (Lipinski definition) is 1. The third kappa shape index (κ3) is 4.33. The number of amides is 2. The molecule has 0 saturated carbocycles. The van der Waals surface area contributed by atoms with Gasteiger partial charge in [-0.15, -0.1) is 0 Å². The summed E-state index contributed by atoms with van der Waals surface area (Å²) in [5.41, 5.74) is 7.74. The summed E-state index contributed by atoms with van der Waals surface area (Å²) >= 11 is 0. The standard InChI is InChI=1S/C25H24FN3O2/c26-22-7-2-1-6-21(22)19-10-8-18(9-11-19)15-25(24(27)31)12-4-14-29(17-25)23(30)20-5-3-13-28-16-20/h1-3,5-11,13,16H,4,12,14-15,17H2,(H2,27,31). The Balaban J connectivity index is 1.55. The lowest BCUT2D eigenvalue weighted by molar-refractivity contribution is -0.130. The number of nitrogens with zero attached hydrogens (tertiary/aromatic N) is 2. The van der Waals surface area contributed by atoms with Crippen molar-refractivity contribution in [2.45, 2.75) is 19.3 Å². The van der Waals surface area contributed by atoms with Crippen LogP contribution in [-0.4, -0.2) is 34.8 Å². The highest BCUT2D eigenvalue weighted by molar-refractivity contribution is 5.94. The van der Waals surface area contributed by atoms with Gasteiger partial charge in [-0.2, -0.15) is 0 Å². The van der Waals surface area contributed by atoms with Crippen molar-refractivity contribution in [3.8, 4) is 11.1 Å². The van der Waals surface area contributed by atoms with Gasteiger partial charge < -0.3 is 10.6 Å². The van der Waals surface area contributed by atoms with E-state index in [0.29, 0.717) is 36.9 Å². The van der Waals surface area contributed by atoms with Crippen LogP contribution in [0, 0.1) is 11.2 Å². The molecule has 0 spiro atoms. The smallest absolute Gasteiger partial charge is 0.255 e. The van der Waals surface area contributed by atoms with Crippen LogP contribution in [-0.2, 0) is 11.2 Å². The van der Waals surface area contributed by atoms with E-state index in [9.17, 15) is 14.0 Å². The molecule has 1 fully saturated rings. The molecule has 0 aliphatic carbocycles. The molecule has 2 N–H and O–H groups in total. The first-order valence-corrected chi connectivity index (χ1v) is 10.3. The second-order valence-corrected chi connectivity index (χ2v) is 8.07. The van der Waals surface area contributed by atoms with Gasteiger partial charge in [0.25, 0.3) is 5.91 Å². The molecule has 2 amide bonds.